The van der Waals surface area contributed by atoms with E-state index in [-0.39, 0.29) is 0 Å². The van der Waals surface area contributed by atoms with Gasteiger partial charge < -0.3 is 0 Å². The number of halogens is 2. The summed E-state index contributed by atoms with van der Waals surface area (Å²) < 4.78 is 15.0. The molecule has 0 amide bonds. The highest BCUT2D eigenvalue weighted by Gasteiger charge is 2.20. The Morgan fingerprint density at radius 2 is 2.33 bits per heavy atom. The van der Waals surface area contributed by atoms with Gasteiger partial charge >= 0.3 is 0 Å². The molecular weight excluding hydrogens is 262 g/mol. The van der Waals surface area contributed by atoms with Crippen LogP contribution < -0.4 is 4.72 Å². The molecule has 1 aliphatic heterocycles. The highest BCUT2D eigenvalue weighted by atomic mass is 79.9. The molecule has 0 aromatic heterocycles. The first-order valence-corrected chi connectivity index (χ1v) is 5.64. The smallest absolute Gasteiger partial charge is 0.125 e. The van der Waals surface area contributed by atoms with Gasteiger partial charge in [-0.2, -0.15) is 0 Å². The number of hydrogen-bond acceptors (Lipinski definition) is 1. The topological polar surface area (TPSA) is 29.1 Å². The molecule has 0 saturated carbocycles. The first-order chi connectivity index (χ1) is 5.68. The van der Waals surface area contributed by atoms with Gasteiger partial charge in [-0.3, -0.25) is 0 Å². The Morgan fingerprint density at radius 3 is 3.08 bits per heavy atom. The van der Waals surface area contributed by atoms with Gasteiger partial charge in [-0.1, -0.05) is 27.5 Å². The largest absolute Gasteiger partial charge is 0.237 e. The number of fused-ring (bicyclic) bond motifs is 1. The van der Waals surface area contributed by atoms with Gasteiger partial charge in [0.1, 0.15) is 11.0 Å². The molecule has 2 nitrogen and oxygen atoms in total. The second-order valence-corrected chi connectivity index (χ2v) is 5.04. The fourth-order valence-electron chi connectivity index (χ4n) is 1.13. The summed E-state index contributed by atoms with van der Waals surface area (Å²) in [7, 11) is -1.08. The molecule has 1 atom stereocenters. The normalized spacial score (nSPS) is 21.0. The molecule has 1 N–H and O–H groups in total. The van der Waals surface area contributed by atoms with Crippen LogP contribution in [0.4, 0.5) is 0 Å². The van der Waals surface area contributed by atoms with E-state index in [1.807, 2.05) is 12.1 Å². The second-order valence-electron chi connectivity index (χ2n) is 2.45. The lowest BCUT2D eigenvalue weighted by Crippen LogP contribution is -2.05. The van der Waals surface area contributed by atoms with E-state index in [1.165, 1.54) is 0 Å². The van der Waals surface area contributed by atoms with Crippen LogP contribution in [0.2, 0.25) is 5.02 Å². The van der Waals surface area contributed by atoms with Gasteiger partial charge in [-0.05, 0) is 12.1 Å². The van der Waals surface area contributed by atoms with Crippen LogP contribution in [-0.2, 0) is 17.5 Å². The molecule has 5 heteroatoms. The zero-order valence-corrected chi connectivity index (χ0v) is 9.09. The zero-order chi connectivity index (χ0) is 8.72. The second kappa shape index (κ2) is 3.10. The van der Waals surface area contributed by atoms with Crippen LogP contribution in [0.3, 0.4) is 0 Å². The Morgan fingerprint density at radius 1 is 1.58 bits per heavy atom. The lowest BCUT2D eigenvalue weighted by atomic mass is 10.2. The highest BCUT2D eigenvalue weighted by molar-refractivity contribution is 9.10. The maximum absolute atomic E-state index is 11.3. The summed E-state index contributed by atoms with van der Waals surface area (Å²) in [6.45, 7) is 0.591. The first kappa shape index (κ1) is 8.69. The number of nitrogens with one attached hydrogen (secondary N) is 1. The van der Waals surface area contributed by atoms with E-state index >= 15 is 0 Å². The molecule has 0 aliphatic carbocycles. The van der Waals surface area contributed by atoms with Crippen LogP contribution in [-0.4, -0.2) is 4.21 Å². The molecule has 0 spiro atoms. The van der Waals surface area contributed by atoms with Crippen molar-refractivity contribution < 1.29 is 4.21 Å². The Balaban J connectivity index is 2.68. The summed E-state index contributed by atoms with van der Waals surface area (Å²) >= 11 is 9.23. The molecule has 0 bridgehead atoms. The van der Waals surface area contributed by atoms with Crippen molar-refractivity contribution in [1.82, 2.24) is 4.72 Å². The minimum absolute atomic E-state index is 0.591. The summed E-state index contributed by atoms with van der Waals surface area (Å²) in [5.41, 5.74) is 0.943. The molecule has 12 heavy (non-hydrogen) atoms. The van der Waals surface area contributed by atoms with Gasteiger partial charge in [-0.25, -0.2) is 8.93 Å². The Hall–Kier alpha value is 0.1000. The van der Waals surface area contributed by atoms with Crippen molar-refractivity contribution in [2.24, 2.45) is 0 Å². The SMILES string of the molecule is O=S1NCc2c(Cl)cc(Br)cc21. The van der Waals surface area contributed by atoms with Crippen LogP contribution in [0.1, 0.15) is 5.56 Å². The van der Waals surface area contributed by atoms with Crippen molar-refractivity contribution >= 4 is 38.5 Å². The Labute approximate surface area is 86.0 Å². The average Bonchev–Trinajstić information content (AvgIpc) is 2.33. The molecule has 0 saturated heterocycles. The van der Waals surface area contributed by atoms with Crippen molar-refractivity contribution in [3.8, 4) is 0 Å². The predicted octanol–water partition coefficient (Wildman–Crippen LogP) is 2.23. The van der Waals surface area contributed by atoms with Crippen LogP contribution in [0, 0.1) is 0 Å². The number of hydrogen-bond donors (Lipinski definition) is 1. The summed E-state index contributed by atoms with van der Waals surface area (Å²) in [5, 5.41) is 0.665. The van der Waals surface area contributed by atoms with E-state index in [9.17, 15) is 4.21 Å². The maximum atomic E-state index is 11.3. The van der Waals surface area contributed by atoms with E-state index in [0.717, 1.165) is 14.9 Å². The van der Waals surface area contributed by atoms with Crippen LogP contribution in [0.5, 0.6) is 0 Å². The number of benzene rings is 1. The zero-order valence-electron chi connectivity index (χ0n) is 5.93. The third-order valence-corrected chi connectivity index (χ3v) is 3.66. The van der Waals surface area contributed by atoms with Crippen LogP contribution in [0.15, 0.2) is 21.5 Å². The molecule has 1 unspecified atom stereocenters. The van der Waals surface area contributed by atoms with Crippen LogP contribution in [0.25, 0.3) is 0 Å². The van der Waals surface area contributed by atoms with E-state index in [0.29, 0.717) is 11.6 Å². The fraction of sp³-hybridized carbons (Fsp3) is 0.143. The van der Waals surface area contributed by atoms with Crippen molar-refractivity contribution in [2.45, 2.75) is 11.4 Å². The molecular formula is C7H5BrClNOS. The summed E-state index contributed by atoms with van der Waals surface area (Å²) in [5.74, 6) is 0. The van der Waals surface area contributed by atoms with Gasteiger partial charge in [-0.15, -0.1) is 0 Å². The predicted molar refractivity (Wildman–Crippen MR) is 52.4 cm³/mol. The quantitative estimate of drug-likeness (QED) is 0.766. The molecule has 1 heterocycles. The van der Waals surface area contributed by atoms with Crippen molar-refractivity contribution in [2.75, 3.05) is 0 Å². The maximum Gasteiger partial charge on any atom is 0.125 e. The van der Waals surface area contributed by atoms with E-state index < -0.39 is 11.0 Å². The van der Waals surface area contributed by atoms with Gasteiger partial charge in [0.2, 0.25) is 0 Å². The van der Waals surface area contributed by atoms with E-state index in [4.69, 9.17) is 11.6 Å². The Bertz CT molecular complexity index is 369. The Kier molecular flexibility index (Phi) is 2.25. The van der Waals surface area contributed by atoms with Gasteiger partial charge in [0.25, 0.3) is 0 Å². The number of rotatable bonds is 0. The van der Waals surface area contributed by atoms with Crippen molar-refractivity contribution in [1.29, 1.82) is 0 Å². The van der Waals surface area contributed by atoms with Gasteiger partial charge in [0.15, 0.2) is 0 Å². The fourth-order valence-corrected chi connectivity index (χ4v) is 3.29. The third kappa shape index (κ3) is 1.33. The molecule has 1 aromatic rings. The average molecular weight is 267 g/mol. The summed E-state index contributed by atoms with van der Waals surface area (Å²) in [4.78, 5) is 0.786. The minimum atomic E-state index is -1.08. The first-order valence-electron chi connectivity index (χ1n) is 3.31. The highest BCUT2D eigenvalue weighted by Crippen LogP contribution is 2.30. The molecule has 1 aromatic carbocycles. The van der Waals surface area contributed by atoms with Crippen LogP contribution >= 0.6 is 27.5 Å². The van der Waals surface area contributed by atoms with Crippen molar-refractivity contribution in [3.05, 3.63) is 27.2 Å². The van der Waals surface area contributed by atoms with Gasteiger partial charge in [0.05, 0.1) is 4.90 Å². The lowest BCUT2D eigenvalue weighted by molar-refractivity contribution is 0.678. The molecule has 64 valence electrons. The monoisotopic (exact) mass is 265 g/mol. The van der Waals surface area contributed by atoms with E-state index in [2.05, 4.69) is 20.7 Å². The summed E-state index contributed by atoms with van der Waals surface area (Å²) in [6.07, 6.45) is 0. The molecule has 0 radical (unpaired) electrons. The lowest BCUT2D eigenvalue weighted by Gasteiger charge is -1.99. The third-order valence-electron chi connectivity index (χ3n) is 1.70. The minimum Gasteiger partial charge on any atom is -0.237 e. The van der Waals surface area contributed by atoms with Crippen molar-refractivity contribution in [3.63, 3.8) is 0 Å². The van der Waals surface area contributed by atoms with Gasteiger partial charge in [0, 0.05) is 21.6 Å². The summed E-state index contributed by atoms with van der Waals surface area (Å²) in [6, 6.07) is 3.64. The molecule has 2 rings (SSSR count). The molecule has 1 aliphatic rings. The molecule has 0 fully saturated rings. The standard InChI is InChI=1S/C7H5BrClNOS/c8-4-1-6(9)5-3-10-12(11)7(5)2-4/h1-2,10H,3H2. The van der Waals surface area contributed by atoms with E-state index in [1.54, 1.807) is 0 Å².